The van der Waals surface area contributed by atoms with Crippen LogP contribution in [0.4, 0.5) is 4.39 Å². The third kappa shape index (κ3) is 2.08. The van der Waals surface area contributed by atoms with E-state index in [0.29, 0.717) is 17.2 Å². The van der Waals surface area contributed by atoms with Crippen LogP contribution in [0.1, 0.15) is 24.1 Å². The molecule has 0 bridgehead atoms. The van der Waals surface area contributed by atoms with Gasteiger partial charge in [0.25, 0.3) is 0 Å². The molecule has 0 aliphatic carbocycles. The zero-order chi connectivity index (χ0) is 14.3. The smallest absolute Gasteiger partial charge is 0.174 e. The van der Waals surface area contributed by atoms with E-state index >= 15 is 0 Å². The van der Waals surface area contributed by atoms with Crippen molar-refractivity contribution < 1.29 is 9.13 Å². The van der Waals surface area contributed by atoms with E-state index in [2.05, 4.69) is 16.9 Å². The van der Waals surface area contributed by atoms with Crippen molar-refractivity contribution in [3.05, 3.63) is 29.2 Å². The number of nitrogens with one attached hydrogen (secondary N) is 1. The molecule has 0 radical (unpaired) electrons. The van der Waals surface area contributed by atoms with Crippen molar-refractivity contribution in [1.82, 2.24) is 9.88 Å². The molecule has 1 aliphatic rings. The summed E-state index contributed by atoms with van der Waals surface area (Å²) in [6.07, 6.45) is 3.31. The molecule has 1 saturated heterocycles. The summed E-state index contributed by atoms with van der Waals surface area (Å²) in [4.78, 5) is 5.67. The second-order valence-electron chi connectivity index (χ2n) is 5.71. The molecule has 108 valence electrons. The van der Waals surface area contributed by atoms with Gasteiger partial charge in [-0.15, -0.1) is 0 Å². The van der Waals surface area contributed by atoms with E-state index in [9.17, 15) is 4.39 Å². The molecule has 1 aromatic heterocycles. The summed E-state index contributed by atoms with van der Waals surface area (Å²) >= 11 is 0. The lowest BCUT2D eigenvalue weighted by atomic mass is 10.0. The number of hydrogen-bond acceptors (Lipinski definition) is 2. The number of methoxy groups -OCH3 is 1. The number of rotatable bonds is 3. The first-order valence-corrected chi connectivity index (χ1v) is 7.15. The Morgan fingerprint density at radius 3 is 2.90 bits per heavy atom. The van der Waals surface area contributed by atoms with Crippen LogP contribution in [0.3, 0.4) is 0 Å². The highest BCUT2D eigenvalue weighted by Crippen LogP contribution is 2.33. The van der Waals surface area contributed by atoms with Gasteiger partial charge in [0.1, 0.15) is 0 Å². The van der Waals surface area contributed by atoms with E-state index in [1.54, 1.807) is 6.07 Å². The van der Waals surface area contributed by atoms with Gasteiger partial charge in [-0.2, -0.15) is 0 Å². The maximum Gasteiger partial charge on any atom is 0.174 e. The van der Waals surface area contributed by atoms with Gasteiger partial charge < -0.3 is 14.6 Å². The minimum absolute atomic E-state index is 0.245. The quantitative estimate of drug-likeness (QED) is 0.932. The average molecular weight is 276 g/mol. The second-order valence-corrected chi connectivity index (χ2v) is 5.71. The van der Waals surface area contributed by atoms with E-state index in [1.165, 1.54) is 20.0 Å². The van der Waals surface area contributed by atoms with Gasteiger partial charge in [0.15, 0.2) is 11.6 Å². The minimum atomic E-state index is -0.245. The van der Waals surface area contributed by atoms with Gasteiger partial charge in [-0.25, -0.2) is 4.39 Å². The first kappa shape index (κ1) is 13.4. The van der Waals surface area contributed by atoms with Crippen LogP contribution in [0, 0.1) is 12.7 Å². The van der Waals surface area contributed by atoms with Crippen LogP contribution in [0.2, 0.25) is 0 Å². The Morgan fingerprint density at radius 2 is 2.25 bits per heavy atom. The van der Waals surface area contributed by atoms with Crippen LogP contribution in [-0.4, -0.2) is 36.6 Å². The number of aryl methyl sites for hydroxylation is 1. The van der Waals surface area contributed by atoms with Crippen molar-refractivity contribution in [1.29, 1.82) is 0 Å². The molecule has 2 aromatic rings. The third-order valence-electron chi connectivity index (χ3n) is 4.51. The molecule has 1 N–H and O–H groups in total. The van der Waals surface area contributed by atoms with Crippen LogP contribution < -0.4 is 4.74 Å². The van der Waals surface area contributed by atoms with Crippen molar-refractivity contribution in [2.75, 3.05) is 20.7 Å². The first-order chi connectivity index (χ1) is 9.61. The molecular formula is C16H21FN2O. The van der Waals surface area contributed by atoms with Gasteiger partial charge in [0.05, 0.1) is 7.11 Å². The van der Waals surface area contributed by atoms with Crippen LogP contribution in [0.15, 0.2) is 12.1 Å². The van der Waals surface area contributed by atoms with Crippen LogP contribution >= 0.6 is 0 Å². The van der Waals surface area contributed by atoms with Crippen molar-refractivity contribution in [3.8, 4) is 5.75 Å². The zero-order valence-electron chi connectivity index (χ0n) is 12.3. The largest absolute Gasteiger partial charge is 0.494 e. The molecule has 1 atom stereocenters. The first-order valence-electron chi connectivity index (χ1n) is 7.15. The van der Waals surface area contributed by atoms with E-state index in [4.69, 9.17) is 4.74 Å². The zero-order valence-corrected chi connectivity index (χ0v) is 12.3. The van der Waals surface area contributed by atoms with E-state index in [-0.39, 0.29) is 5.82 Å². The van der Waals surface area contributed by atoms with E-state index < -0.39 is 0 Å². The Labute approximate surface area is 118 Å². The summed E-state index contributed by atoms with van der Waals surface area (Å²) in [6.45, 7) is 3.16. The fourth-order valence-electron chi connectivity index (χ4n) is 3.31. The molecule has 3 rings (SSSR count). The summed E-state index contributed by atoms with van der Waals surface area (Å²) in [5, 5.41) is 0.696. The van der Waals surface area contributed by atoms with Crippen molar-refractivity contribution in [3.63, 3.8) is 0 Å². The van der Waals surface area contributed by atoms with E-state index in [1.807, 2.05) is 13.0 Å². The number of aromatic amines is 1. The Bertz CT molecular complexity index is 635. The lowest BCUT2D eigenvalue weighted by Gasteiger charge is -2.19. The molecule has 4 heteroatoms. The SMILES string of the molecule is COc1ccc2[nH]c(C)c(C[C@H]3CCCN3C)c2c1F. The number of nitrogens with zero attached hydrogens (tertiary/aromatic N) is 1. The Balaban J connectivity index is 2.07. The van der Waals surface area contributed by atoms with E-state index in [0.717, 1.165) is 29.7 Å². The highest BCUT2D eigenvalue weighted by Gasteiger charge is 2.24. The molecule has 2 heterocycles. The molecule has 20 heavy (non-hydrogen) atoms. The maximum absolute atomic E-state index is 14.6. The number of aromatic nitrogens is 1. The summed E-state index contributed by atoms with van der Waals surface area (Å²) in [5.74, 6) is 0.0718. The van der Waals surface area contributed by atoms with Gasteiger partial charge in [0.2, 0.25) is 0 Å². The van der Waals surface area contributed by atoms with Gasteiger partial charge in [-0.1, -0.05) is 0 Å². The number of likely N-dealkylation sites (N-methyl/N-ethyl adjacent to an activating group) is 1. The summed E-state index contributed by atoms with van der Waals surface area (Å²) in [5.41, 5.74) is 3.01. The predicted octanol–water partition coefficient (Wildman–Crippen LogP) is 3.26. The second kappa shape index (κ2) is 5.09. The molecule has 3 nitrogen and oxygen atoms in total. The molecular weight excluding hydrogens is 255 g/mol. The summed E-state index contributed by atoms with van der Waals surface area (Å²) in [6, 6.07) is 4.09. The number of H-pyrrole nitrogens is 1. The van der Waals surface area contributed by atoms with Crippen molar-refractivity contribution >= 4 is 10.9 Å². The number of ether oxygens (including phenoxy) is 1. The van der Waals surface area contributed by atoms with Gasteiger partial charge >= 0.3 is 0 Å². The minimum Gasteiger partial charge on any atom is -0.494 e. The monoisotopic (exact) mass is 276 g/mol. The topological polar surface area (TPSA) is 28.3 Å². The lowest BCUT2D eigenvalue weighted by molar-refractivity contribution is 0.309. The van der Waals surface area contributed by atoms with Crippen LogP contribution in [0.5, 0.6) is 5.75 Å². The lowest BCUT2D eigenvalue weighted by Crippen LogP contribution is -2.27. The summed E-state index contributed by atoms with van der Waals surface area (Å²) < 4.78 is 19.7. The maximum atomic E-state index is 14.6. The fraction of sp³-hybridized carbons (Fsp3) is 0.500. The molecule has 0 amide bonds. The third-order valence-corrected chi connectivity index (χ3v) is 4.51. The highest BCUT2D eigenvalue weighted by molar-refractivity contribution is 5.86. The fourth-order valence-corrected chi connectivity index (χ4v) is 3.31. The molecule has 0 unspecified atom stereocenters. The number of likely N-dealkylation sites (tertiary alicyclic amines) is 1. The normalized spacial score (nSPS) is 19.9. The highest BCUT2D eigenvalue weighted by atomic mass is 19.1. The Kier molecular flexibility index (Phi) is 3.42. The summed E-state index contributed by atoms with van der Waals surface area (Å²) in [7, 11) is 3.66. The van der Waals surface area contributed by atoms with Gasteiger partial charge in [0, 0.05) is 22.6 Å². The molecule has 1 aromatic carbocycles. The number of halogens is 1. The van der Waals surface area contributed by atoms with Crippen LogP contribution in [-0.2, 0) is 6.42 Å². The Morgan fingerprint density at radius 1 is 1.45 bits per heavy atom. The van der Waals surface area contributed by atoms with Gasteiger partial charge in [-0.3, -0.25) is 0 Å². The van der Waals surface area contributed by atoms with Crippen molar-refractivity contribution in [2.45, 2.75) is 32.2 Å². The standard InChI is InChI=1S/C16H21FN2O/c1-10-12(9-11-5-4-8-19(11)2)15-13(18-10)6-7-14(20-3)16(15)17/h6-7,11,18H,4-5,8-9H2,1-3H3/t11-/m1/s1. The average Bonchev–Trinajstić information content (AvgIpc) is 2.96. The Hall–Kier alpha value is -1.55. The molecule has 1 fully saturated rings. The number of fused-ring (bicyclic) bond motifs is 1. The van der Waals surface area contributed by atoms with Crippen LogP contribution in [0.25, 0.3) is 10.9 Å². The number of hydrogen-bond donors (Lipinski definition) is 1. The molecule has 0 saturated carbocycles. The van der Waals surface area contributed by atoms with Crippen molar-refractivity contribution in [2.24, 2.45) is 0 Å². The number of benzene rings is 1. The van der Waals surface area contributed by atoms with Gasteiger partial charge in [-0.05, 0) is 57.5 Å². The molecule has 1 aliphatic heterocycles. The molecule has 0 spiro atoms. The predicted molar refractivity (Wildman–Crippen MR) is 78.9 cm³/mol.